The Kier molecular flexibility index (Phi) is 5.68. The maximum atomic E-state index is 12.3. The van der Waals surface area contributed by atoms with E-state index in [4.69, 9.17) is 0 Å². The van der Waals surface area contributed by atoms with Crippen LogP contribution in [0.2, 0.25) is 0 Å². The number of benzene rings is 1. The molecule has 128 valence electrons. The van der Waals surface area contributed by atoms with E-state index in [0.717, 1.165) is 37.1 Å². The summed E-state index contributed by atoms with van der Waals surface area (Å²) in [7, 11) is -3.42. The number of hydrogen-bond acceptors (Lipinski definition) is 3. The summed E-state index contributed by atoms with van der Waals surface area (Å²) in [5.74, 6) is 0.0446. The highest BCUT2D eigenvalue weighted by molar-refractivity contribution is 7.92. The minimum atomic E-state index is -3.42. The zero-order valence-electron chi connectivity index (χ0n) is 14.2. The molecule has 2 rings (SSSR count). The monoisotopic (exact) mass is 338 g/mol. The van der Waals surface area contributed by atoms with E-state index in [-0.39, 0.29) is 18.9 Å². The van der Waals surface area contributed by atoms with Crippen LogP contribution in [-0.4, -0.2) is 45.1 Å². The molecule has 0 unspecified atom stereocenters. The minimum Gasteiger partial charge on any atom is -0.343 e. The molecule has 6 heteroatoms. The van der Waals surface area contributed by atoms with Crippen molar-refractivity contribution >= 4 is 21.6 Å². The lowest BCUT2D eigenvalue weighted by molar-refractivity contribution is -0.131. The predicted octanol–water partition coefficient (Wildman–Crippen LogP) is 2.47. The SMILES string of the molecule is Cc1ccc(N(CCC(=O)N2CCCCC2)S(C)(=O)=O)c(C)c1. The average molecular weight is 338 g/mol. The van der Waals surface area contributed by atoms with E-state index in [2.05, 4.69) is 0 Å². The summed E-state index contributed by atoms with van der Waals surface area (Å²) in [6.07, 6.45) is 4.66. The molecule has 0 radical (unpaired) electrons. The number of rotatable bonds is 5. The molecule has 1 amide bonds. The number of aryl methyl sites for hydroxylation is 2. The van der Waals surface area contributed by atoms with E-state index in [9.17, 15) is 13.2 Å². The van der Waals surface area contributed by atoms with Gasteiger partial charge in [-0.1, -0.05) is 17.7 Å². The molecule has 1 saturated heterocycles. The van der Waals surface area contributed by atoms with Gasteiger partial charge in [-0.2, -0.15) is 0 Å². The van der Waals surface area contributed by atoms with Gasteiger partial charge in [0, 0.05) is 26.1 Å². The van der Waals surface area contributed by atoms with Gasteiger partial charge in [0.2, 0.25) is 15.9 Å². The van der Waals surface area contributed by atoms with Gasteiger partial charge in [0.05, 0.1) is 11.9 Å². The van der Waals surface area contributed by atoms with Crippen molar-refractivity contribution in [2.75, 3.05) is 30.2 Å². The number of amides is 1. The van der Waals surface area contributed by atoms with Crippen molar-refractivity contribution in [3.05, 3.63) is 29.3 Å². The molecule has 1 aliphatic heterocycles. The average Bonchev–Trinajstić information content (AvgIpc) is 2.48. The molecule has 0 atom stereocenters. The molecule has 0 bridgehead atoms. The Morgan fingerprint density at radius 2 is 1.83 bits per heavy atom. The Morgan fingerprint density at radius 1 is 1.17 bits per heavy atom. The molecule has 1 fully saturated rings. The zero-order valence-corrected chi connectivity index (χ0v) is 15.0. The lowest BCUT2D eigenvalue weighted by atomic mass is 10.1. The highest BCUT2D eigenvalue weighted by atomic mass is 32.2. The molecule has 5 nitrogen and oxygen atoms in total. The van der Waals surface area contributed by atoms with Gasteiger partial charge in [-0.3, -0.25) is 9.10 Å². The molecule has 0 spiro atoms. The van der Waals surface area contributed by atoms with Crippen LogP contribution in [0.1, 0.15) is 36.8 Å². The Morgan fingerprint density at radius 3 is 2.39 bits per heavy atom. The molecule has 0 aromatic heterocycles. The summed E-state index contributed by atoms with van der Waals surface area (Å²) in [5.41, 5.74) is 2.65. The van der Waals surface area contributed by atoms with Gasteiger partial charge in [0.15, 0.2) is 0 Å². The van der Waals surface area contributed by atoms with Crippen molar-refractivity contribution in [3.8, 4) is 0 Å². The van der Waals surface area contributed by atoms with Crippen LogP contribution in [0.4, 0.5) is 5.69 Å². The normalized spacial score (nSPS) is 15.5. The van der Waals surface area contributed by atoms with Gasteiger partial charge in [0.25, 0.3) is 0 Å². The Bertz CT molecular complexity index is 664. The third kappa shape index (κ3) is 4.70. The van der Waals surface area contributed by atoms with Crippen LogP contribution in [0.3, 0.4) is 0 Å². The molecule has 0 aliphatic carbocycles. The molecule has 0 saturated carbocycles. The van der Waals surface area contributed by atoms with Crippen molar-refractivity contribution in [1.82, 2.24) is 4.90 Å². The second-order valence-corrected chi connectivity index (χ2v) is 8.22. The van der Waals surface area contributed by atoms with E-state index in [1.54, 1.807) is 0 Å². The summed E-state index contributed by atoms with van der Waals surface area (Å²) in [6, 6.07) is 5.67. The maximum absolute atomic E-state index is 12.3. The number of carbonyl (C=O) groups is 1. The minimum absolute atomic E-state index is 0.0446. The van der Waals surface area contributed by atoms with Crippen molar-refractivity contribution in [3.63, 3.8) is 0 Å². The summed E-state index contributed by atoms with van der Waals surface area (Å²) in [5, 5.41) is 0. The molecule has 1 aliphatic rings. The third-order valence-corrected chi connectivity index (χ3v) is 5.44. The Hall–Kier alpha value is -1.56. The number of piperidine rings is 1. The second kappa shape index (κ2) is 7.34. The summed E-state index contributed by atoms with van der Waals surface area (Å²) < 4.78 is 25.7. The molecule has 1 aromatic rings. The van der Waals surface area contributed by atoms with Gasteiger partial charge in [-0.25, -0.2) is 8.42 Å². The van der Waals surface area contributed by atoms with E-state index in [1.807, 2.05) is 36.9 Å². The fraction of sp³-hybridized carbons (Fsp3) is 0.588. The van der Waals surface area contributed by atoms with Crippen LogP contribution in [-0.2, 0) is 14.8 Å². The summed E-state index contributed by atoms with van der Waals surface area (Å²) in [4.78, 5) is 14.2. The van der Waals surface area contributed by atoms with Crippen molar-refractivity contribution < 1.29 is 13.2 Å². The fourth-order valence-corrected chi connectivity index (χ4v) is 4.03. The van der Waals surface area contributed by atoms with E-state index < -0.39 is 10.0 Å². The van der Waals surface area contributed by atoms with Gasteiger partial charge in [-0.05, 0) is 44.7 Å². The van der Waals surface area contributed by atoms with Crippen LogP contribution in [0.25, 0.3) is 0 Å². The first-order valence-corrected chi connectivity index (χ1v) is 9.96. The fourth-order valence-electron chi connectivity index (χ4n) is 3.05. The predicted molar refractivity (Wildman–Crippen MR) is 93.2 cm³/mol. The lowest BCUT2D eigenvalue weighted by Gasteiger charge is -2.29. The molecule has 23 heavy (non-hydrogen) atoms. The maximum Gasteiger partial charge on any atom is 0.232 e. The van der Waals surface area contributed by atoms with Gasteiger partial charge >= 0.3 is 0 Å². The molecule has 1 aromatic carbocycles. The first-order valence-electron chi connectivity index (χ1n) is 8.12. The highest BCUT2D eigenvalue weighted by Crippen LogP contribution is 2.24. The van der Waals surface area contributed by atoms with Crippen LogP contribution >= 0.6 is 0 Å². The van der Waals surface area contributed by atoms with Gasteiger partial charge in [0.1, 0.15) is 0 Å². The summed E-state index contributed by atoms with van der Waals surface area (Å²) >= 11 is 0. The molecule has 0 N–H and O–H groups in total. The molecular weight excluding hydrogens is 312 g/mol. The van der Waals surface area contributed by atoms with Crippen molar-refractivity contribution in [2.45, 2.75) is 39.5 Å². The Balaban J connectivity index is 2.12. The third-order valence-electron chi connectivity index (χ3n) is 4.26. The number of carbonyl (C=O) groups excluding carboxylic acids is 1. The first-order chi connectivity index (χ1) is 10.8. The largest absolute Gasteiger partial charge is 0.343 e. The van der Waals surface area contributed by atoms with Crippen LogP contribution in [0, 0.1) is 13.8 Å². The van der Waals surface area contributed by atoms with Crippen LogP contribution < -0.4 is 4.31 Å². The van der Waals surface area contributed by atoms with E-state index in [1.165, 1.54) is 17.0 Å². The van der Waals surface area contributed by atoms with Crippen LogP contribution in [0.15, 0.2) is 18.2 Å². The van der Waals surface area contributed by atoms with Crippen molar-refractivity contribution in [1.29, 1.82) is 0 Å². The Labute approximate surface area is 139 Å². The molecule has 1 heterocycles. The van der Waals surface area contributed by atoms with Gasteiger partial charge < -0.3 is 4.90 Å². The number of sulfonamides is 1. The number of nitrogens with zero attached hydrogens (tertiary/aromatic N) is 2. The summed E-state index contributed by atoms with van der Waals surface area (Å²) in [6.45, 7) is 5.65. The standard InChI is InChI=1S/C17H26N2O3S/c1-14-7-8-16(15(2)13-14)19(23(3,21)22)12-9-17(20)18-10-5-4-6-11-18/h7-8,13H,4-6,9-12H2,1-3H3. The van der Waals surface area contributed by atoms with E-state index in [0.29, 0.717) is 5.69 Å². The second-order valence-electron chi connectivity index (χ2n) is 6.32. The quantitative estimate of drug-likeness (QED) is 0.829. The molecular formula is C17H26N2O3S. The number of anilines is 1. The topological polar surface area (TPSA) is 57.7 Å². The van der Waals surface area contributed by atoms with E-state index >= 15 is 0 Å². The smallest absolute Gasteiger partial charge is 0.232 e. The van der Waals surface area contributed by atoms with Crippen LogP contribution in [0.5, 0.6) is 0 Å². The van der Waals surface area contributed by atoms with Crippen molar-refractivity contribution in [2.24, 2.45) is 0 Å². The number of hydrogen-bond donors (Lipinski definition) is 0. The number of likely N-dealkylation sites (tertiary alicyclic amines) is 1. The highest BCUT2D eigenvalue weighted by Gasteiger charge is 2.22. The first kappa shape index (κ1) is 17.8. The lowest BCUT2D eigenvalue weighted by Crippen LogP contribution is -2.39. The van der Waals surface area contributed by atoms with Gasteiger partial charge in [-0.15, -0.1) is 0 Å². The zero-order chi connectivity index (χ0) is 17.0.